The molecule has 2 aromatic carbocycles. The molecule has 0 radical (unpaired) electrons. The molecular formula is C23H32N3O3S+. The molecule has 1 aliphatic rings. The number of piperidine rings is 1. The molecule has 7 heteroatoms. The molecule has 0 spiro atoms. The third-order valence-corrected chi connectivity index (χ3v) is 7.40. The Morgan fingerprint density at radius 3 is 2.23 bits per heavy atom. The van der Waals surface area contributed by atoms with Crippen molar-refractivity contribution in [3.8, 4) is 0 Å². The number of nitrogens with one attached hydrogen (secondary N) is 2. The van der Waals surface area contributed by atoms with Gasteiger partial charge in [0.2, 0.25) is 10.0 Å². The van der Waals surface area contributed by atoms with E-state index >= 15 is 0 Å². The van der Waals surface area contributed by atoms with Crippen molar-refractivity contribution in [1.82, 2.24) is 4.31 Å². The Bertz CT molecular complexity index is 935. The van der Waals surface area contributed by atoms with E-state index in [1.54, 1.807) is 31.3 Å². The second-order valence-corrected chi connectivity index (χ2v) is 10.6. The number of carbonyl (C=O) groups is 1. The van der Waals surface area contributed by atoms with E-state index in [9.17, 15) is 13.2 Å². The Labute approximate surface area is 179 Å². The van der Waals surface area contributed by atoms with Crippen molar-refractivity contribution in [2.24, 2.45) is 11.8 Å². The molecule has 1 amide bonds. The molecule has 0 aliphatic carbocycles. The molecule has 2 aromatic rings. The van der Waals surface area contributed by atoms with Gasteiger partial charge in [-0.1, -0.05) is 44.2 Å². The monoisotopic (exact) mass is 430 g/mol. The van der Waals surface area contributed by atoms with Crippen LogP contribution in [0, 0.1) is 11.8 Å². The third-order valence-electron chi connectivity index (χ3n) is 5.58. The van der Waals surface area contributed by atoms with E-state index in [1.165, 1.54) is 15.6 Å². The first-order chi connectivity index (χ1) is 14.2. The van der Waals surface area contributed by atoms with Crippen LogP contribution in [-0.2, 0) is 21.4 Å². The summed E-state index contributed by atoms with van der Waals surface area (Å²) in [5.41, 5.74) is 1.54. The molecular weight excluding hydrogens is 398 g/mol. The van der Waals surface area contributed by atoms with E-state index in [4.69, 9.17) is 0 Å². The van der Waals surface area contributed by atoms with Crippen molar-refractivity contribution >= 4 is 21.6 Å². The fourth-order valence-corrected chi connectivity index (χ4v) is 5.47. The lowest BCUT2D eigenvalue weighted by atomic mass is 9.92. The van der Waals surface area contributed by atoms with Crippen molar-refractivity contribution in [2.45, 2.75) is 31.7 Å². The number of benzene rings is 2. The van der Waals surface area contributed by atoms with Crippen LogP contribution in [0.2, 0.25) is 0 Å². The van der Waals surface area contributed by atoms with Crippen LogP contribution < -0.4 is 10.2 Å². The number of rotatable bonds is 7. The first-order valence-electron chi connectivity index (χ1n) is 10.5. The van der Waals surface area contributed by atoms with Gasteiger partial charge >= 0.3 is 0 Å². The first kappa shape index (κ1) is 22.5. The molecule has 30 heavy (non-hydrogen) atoms. The van der Waals surface area contributed by atoms with Gasteiger partial charge in [-0.3, -0.25) is 4.79 Å². The minimum absolute atomic E-state index is 0.0388. The molecule has 1 saturated heterocycles. The molecule has 3 rings (SSSR count). The van der Waals surface area contributed by atoms with Crippen molar-refractivity contribution in [3.63, 3.8) is 0 Å². The van der Waals surface area contributed by atoms with Gasteiger partial charge in [0.05, 0.1) is 18.0 Å². The third kappa shape index (κ3) is 5.90. The van der Waals surface area contributed by atoms with Crippen LogP contribution >= 0.6 is 0 Å². The number of likely N-dealkylation sites (tertiary alicyclic amines) is 1. The zero-order valence-electron chi connectivity index (χ0n) is 18.0. The lowest BCUT2D eigenvalue weighted by molar-refractivity contribution is -0.904. The minimum Gasteiger partial charge on any atom is -0.327 e. The quantitative estimate of drug-likeness (QED) is 0.706. The number of carbonyl (C=O) groups excluding carboxylic acids is 1. The molecule has 0 bridgehead atoms. The predicted molar refractivity (Wildman–Crippen MR) is 119 cm³/mol. The van der Waals surface area contributed by atoms with Crippen molar-refractivity contribution in [3.05, 3.63) is 60.2 Å². The van der Waals surface area contributed by atoms with E-state index in [-0.39, 0.29) is 10.8 Å². The summed E-state index contributed by atoms with van der Waals surface area (Å²) >= 11 is 0. The molecule has 2 N–H and O–H groups in total. The average Bonchev–Trinajstić information content (AvgIpc) is 2.68. The summed E-state index contributed by atoms with van der Waals surface area (Å²) in [6.45, 7) is 7.25. The smallest absolute Gasteiger partial charge is 0.279 e. The Morgan fingerprint density at radius 2 is 1.63 bits per heavy atom. The standard InChI is InChI=1S/C23H31N3O3S/c1-18-13-19(2)15-26(14-18)17-23(27)24-21-9-11-22(12-10-21)30(28,29)25(3)16-20-7-5-4-6-8-20/h4-12,18-19H,13-17H2,1-3H3,(H,24,27)/p+1/t18-,19+. The molecule has 1 heterocycles. The molecule has 0 saturated carbocycles. The first-order valence-corrected chi connectivity index (χ1v) is 11.9. The number of quaternary nitrogens is 1. The molecule has 1 unspecified atom stereocenters. The summed E-state index contributed by atoms with van der Waals surface area (Å²) in [7, 11) is -2.03. The van der Waals surface area contributed by atoms with Crippen molar-refractivity contribution in [2.75, 3.05) is 32.0 Å². The van der Waals surface area contributed by atoms with E-state index in [0.717, 1.165) is 18.7 Å². The Hall–Kier alpha value is -2.22. The number of sulfonamides is 1. The number of hydrogen-bond donors (Lipinski definition) is 2. The van der Waals surface area contributed by atoms with Crippen LogP contribution in [0.5, 0.6) is 0 Å². The maximum Gasteiger partial charge on any atom is 0.279 e. The molecule has 0 aromatic heterocycles. The molecule has 3 atom stereocenters. The SMILES string of the molecule is C[C@@H]1C[C@H](C)C[NH+](CC(=O)Nc2ccc(S(=O)(=O)N(C)Cc3ccccc3)cc2)C1. The molecule has 1 aliphatic heterocycles. The van der Waals surface area contributed by atoms with Gasteiger partial charge in [-0.15, -0.1) is 0 Å². The summed E-state index contributed by atoms with van der Waals surface area (Å²) < 4.78 is 27.0. The number of hydrogen-bond acceptors (Lipinski definition) is 3. The highest BCUT2D eigenvalue weighted by molar-refractivity contribution is 7.89. The molecule has 162 valence electrons. The fraction of sp³-hybridized carbons (Fsp3) is 0.435. The lowest BCUT2D eigenvalue weighted by Crippen LogP contribution is -3.15. The topological polar surface area (TPSA) is 70.9 Å². The zero-order valence-corrected chi connectivity index (χ0v) is 18.8. The summed E-state index contributed by atoms with van der Waals surface area (Å²) in [6, 6.07) is 15.9. The fourth-order valence-electron chi connectivity index (χ4n) is 4.31. The van der Waals surface area contributed by atoms with Crippen LogP contribution in [0.3, 0.4) is 0 Å². The summed E-state index contributed by atoms with van der Waals surface area (Å²) in [5, 5.41) is 2.90. The van der Waals surface area contributed by atoms with Crippen molar-refractivity contribution in [1.29, 1.82) is 0 Å². The highest BCUT2D eigenvalue weighted by atomic mass is 32.2. The maximum absolute atomic E-state index is 12.8. The maximum atomic E-state index is 12.8. The Kier molecular flexibility index (Phi) is 7.28. The highest BCUT2D eigenvalue weighted by Crippen LogP contribution is 2.19. The molecule has 1 fully saturated rings. The van der Waals surface area contributed by atoms with Crippen LogP contribution in [0.15, 0.2) is 59.5 Å². The second-order valence-electron chi connectivity index (χ2n) is 8.60. The largest absolute Gasteiger partial charge is 0.327 e. The number of anilines is 1. The van der Waals surface area contributed by atoms with Gasteiger partial charge in [-0.25, -0.2) is 8.42 Å². The van der Waals surface area contributed by atoms with E-state index in [0.29, 0.717) is 30.6 Å². The Balaban J connectivity index is 1.59. The summed E-state index contributed by atoms with van der Waals surface area (Å²) in [5.74, 6) is 1.23. The van der Waals surface area contributed by atoms with E-state index in [2.05, 4.69) is 19.2 Å². The highest BCUT2D eigenvalue weighted by Gasteiger charge is 2.27. The van der Waals surface area contributed by atoms with Crippen molar-refractivity contribution < 1.29 is 18.1 Å². The predicted octanol–water partition coefficient (Wildman–Crippen LogP) is 2.01. The zero-order chi connectivity index (χ0) is 21.7. The lowest BCUT2D eigenvalue weighted by Gasteiger charge is -2.31. The van der Waals surface area contributed by atoms with E-state index < -0.39 is 10.0 Å². The van der Waals surface area contributed by atoms with Gasteiger partial charge in [0.15, 0.2) is 6.54 Å². The minimum atomic E-state index is -3.60. The second kappa shape index (κ2) is 9.73. The average molecular weight is 431 g/mol. The van der Waals surface area contributed by atoms with Gasteiger partial charge in [0, 0.05) is 31.1 Å². The number of amides is 1. The van der Waals surface area contributed by atoms with E-state index in [1.807, 2.05) is 30.3 Å². The van der Waals surface area contributed by atoms with Crippen LogP contribution in [0.4, 0.5) is 5.69 Å². The Morgan fingerprint density at radius 1 is 1.03 bits per heavy atom. The summed E-state index contributed by atoms with van der Waals surface area (Å²) in [6.07, 6.45) is 1.22. The normalized spacial score (nSPS) is 22.1. The van der Waals surface area contributed by atoms with Gasteiger partial charge in [0.1, 0.15) is 0 Å². The van der Waals surface area contributed by atoms with Gasteiger partial charge < -0.3 is 10.2 Å². The van der Waals surface area contributed by atoms with Crippen LogP contribution in [0.1, 0.15) is 25.8 Å². The molecule has 6 nitrogen and oxygen atoms in total. The van der Waals surface area contributed by atoms with Gasteiger partial charge in [-0.05, 0) is 36.2 Å². The van der Waals surface area contributed by atoms with Gasteiger partial charge in [-0.2, -0.15) is 4.31 Å². The van der Waals surface area contributed by atoms with Crippen LogP contribution in [-0.4, -0.2) is 45.3 Å². The van der Waals surface area contributed by atoms with Gasteiger partial charge in [0.25, 0.3) is 5.91 Å². The van der Waals surface area contributed by atoms with Crippen LogP contribution in [0.25, 0.3) is 0 Å². The number of nitrogens with zero attached hydrogens (tertiary/aromatic N) is 1. The summed E-state index contributed by atoms with van der Waals surface area (Å²) in [4.78, 5) is 13.9.